The van der Waals surface area contributed by atoms with Gasteiger partial charge in [0.1, 0.15) is 5.82 Å². The monoisotopic (exact) mass is 269 g/mol. The molecular weight excluding hydrogens is 254 g/mol. The van der Waals surface area contributed by atoms with E-state index in [2.05, 4.69) is 15.3 Å². The molecule has 1 aliphatic rings. The third-order valence-electron chi connectivity index (χ3n) is 3.24. The van der Waals surface area contributed by atoms with Crippen LogP contribution in [-0.4, -0.2) is 29.1 Å². The van der Waals surface area contributed by atoms with Crippen molar-refractivity contribution in [1.82, 2.24) is 9.97 Å². The lowest BCUT2D eigenvalue weighted by atomic mass is 10.1. The van der Waals surface area contributed by atoms with Crippen molar-refractivity contribution in [1.29, 1.82) is 0 Å². The third kappa shape index (κ3) is 2.83. The van der Waals surface area contributed by atoms with Crippen LogP contribution < -0.4 is 5.32 Å². The molecule has 1 aromatic heterocycles. The third-order valence-corrected chi connectivity index (χ3v) is 3.24. The van der Waals surface area contributed by atoms with Gasteiger partial charge in [-0.05, 0) is 12.5 Å². The first-order valence-electron chi connectivity index (χ1n) is 6.60. The number of rotatable bonds is 3. The van der Waals surface area contributed by atoms with E-state index in [9.17, 15) is 4.79 Å². The molecule has 0 saturated carbocycles. The van der Waals surface area contributed by atoms with Gasteiger partial charge in [-0.15, -0.1) is 0 Å². The number of carbonyl (C=O) groups excluding carboxylic acids is 1. The summed E-state index contributed by atoms with van der Waals surface area (Å²) in [6, 6.07) is 11.4. The van der Waals surface area contributed by atoms with Crippen LogP contribution in [0.1, 0.15) is 6.42 Å². The van der Waals surface area contributed by atoms with E-state index in [0.29, 0.717) is 24.9 Å². The molecule has 102 valence electrons. The van der Waals surface area contributed by atoms with E-state index < -0.39 is 0 Å². The van der Waals surface area contributed by atoms with Gasteiger partial charge in [0, 0.05) is 18.4 Å². The molecule has 5 heteroatoms. The Hall–Kier alpha value is -2.27. The summed E-state index contributed by atoms with van der Waals surface area (Å²) in [5.41, 5.74) is 0.924. The molecule has 0 bridgehead atoms. The topological polar surface area (TPSA) is 64.1 Å². The molecule has 3 rings (SSSR count). The van der Waals surface area contributed by atoms with Crippen LogP contribution in [0.2, 0.25) is 0 Å². The summed E-state index contributed by atoms with van der Waals surface area (Å²) in [5, 5.41) is 2.82. The standard InChI is InChI=1S/C15H15N3O2/c19-15(12-7-9-20-10-12)18-13-6-8-16-14(17-13)11-4-2-1-3-5-11/h1-6,8,12H,7,9-10H2,(H,16,17,18,19)/t12-/m1/s1. The van der Waals surface area contributed by atoms with Gasteiger partial charge in [-0.25, -0.2) is 9.97 Å². The average Bonchev–Trinajstić information content (AvgIpc) is 3.03. The number of benzene rings is 1. The van der Waals surface area contributed by atoms with Crippen molar-refractivity contribution in [3.63, 3.8) is 0 Å². The molecular formula is C15H15N3O2. The van der Waals surface area contributed by atoms with Crippen molar-refractivity contribution in [2.75, 3.05) is 18.5 Å². The minimum atomic E-state index is -0.0786. The molecule has 2 heterocycles. The molecule has 1 aliphatic heterocycles. The maximum absolute atomic E-state index is 12.0. The lowest BCUT2D eigenvalue weighted by Gasteiger charge is -2.09. The van der Waals surface area contributed by atoms with Crippen LogP contribution in [0.25, 0.3) is 11.4 Å². The van der Waals surface area contributed by atoms with Crippen LogP contribution in [0.4, 0.5) is 5.82 Å². The second-order valence-electron chi connectivity index (χ2n) is 4.68. The number of aromatic nitrogens is 2. The molecule has 1 amide bonds. The van der Waals surface area contributed by atoms with Crippen LogP contribution in [0.3, 0.4) is 0 Å². The minimum absolute atomic E-state index is 0.0415. The fourth-order valence-corrected chi connectivity index (χ4v) is 2.12. The number of ether oxygens (including phenoxy) is 1. The first-order chi connectivity index (χ1) is 9.83. The molecule has 0 radical (unpaired) electrons. The number of hydrogen-bond acceptors (Lipinski definition) is 4. The number of nitrogens with zero attached hydrogens (tertiary/aromatic N) is 2. The first-order valence-corrected chi connectivity index (χ1v) is 6.60. The molecule has 1 saturated heterocycles. The molecule has 2 aromatic rings. The summed E-state index contributed by atoms with van der Waals surface area (Å²) in [7, 11) is 0. The Kier molecular flexibility index (Phi) is 3.69. The predicted octanol–water partition coefficient (Wildman–Crippen LogP) is 2.12. The Labute approximate surface area is 117 Å². The summed E-state index contributed by atoms with van der Waals surface area (Å²) in [5.74, 6) is 1.01. The van der Waals surface area contributed by atoms with E-state index in [4.69, 9.17) is 4.74 Å². The summed E-state index contributed by atoms with van der Waals surface area (Å²) in [6.45, 7) is 1.14. The lowest BCUT2D eigenvalue weighted by Crippen LogP contribution is -2.23. The van der Waals surface area contributed by atoms with E-state index in [-0.39, 0.29) is 11.8 Å². The fourth-order valence-electron chi connectivity index (χ4n) is 2.12. The molecule has 1 atom stereocenters. The number of nitrogens with one attached hydrogen (secondary N) is 1. The van der Waals surface area contributed by atoms with Gasteiger partial charge in [0.2, 0.25) is 5.91 Å². The van der Waals surface area contributed by atoms with Crippen LogP contribution in [-0.2, 0) is 9.53 Å². The van der Waals surface area contributed by atoms with Gasteiger partial charge in [-0.3, -0.25) is 4.79 Å². The Balaban J connectivity index is 1.76. The van der Waals surface area contributed by atoms with E-state index in [0.717, 1.165) is 12.0 Å². The van der Waals surface area contributed by atoms with Gasteiger partial charge in [-0.1, -0.05) is 30.3 Å². The van der Waals surface area contributed by atoms with Gasteiger partial charge in [-0.2, -0.15) is 0 Å². The highest BCUT2D eigenvalue weighted by atomic mass is 16.5. The number of carbonyl (C=O) groups is 1. The smallest absolute Gasteiger partial charge is 0.231 e. The average molecular weight is 269 g/mol. The normalized spacial score (nSPS) is 17.9. The van der Waals surface area contributed by atoms with Crippen LogP contribution in [0.5, 0.6) is 0 Å². The summed E-state index contributed by atoms with van der Waals surface area (Å²) in [6.07, 6.45) is 2.42. The summed E-state index contributed by atoms with van der Waals surface area (Å²) < 4.78 is 5.22. The Morgan fingerprint density at radius 1 is 1.25 bits per heavy atom. The maximum Gasteiger partial charge on any atom is 0.231 e. The number of anilines is 1. The first kappa shape index (κ1) is 12.7. The lowest BCUT2D eigenvalue weighted by molar-refractivity contribution is -0.119. The van der Waals surface area contributed by atoms with Gasteiger partial charge in [0.05, 0.1) is 12.5 Å². The second-order valence-corrected chi connectivity index (χ2v) is 4.68. The Bertz CT molecular complexity index is 595. The number of amides is 1. The Morgan fingerprint density at radius 2 is 2.10 bits per heavy atom. The van der Waals surface area contributed by atoms with Crippen molar-refractivity contribution in [3.05, 3.63) is 42.6 Å². The molecule has 0 aliphatic carbocycles. The zero-order valence-electron chi connectivity index (χ0n) is 11.0. The largest absolute Gasteiger partial charge is 0.381 e. The van der Waals surface area contributed by atoms with Crippen molar-refractivity contribution >= 4 is 11.7 Å². The molecule has 0 unspecified atom stereocenters. The van der Waals surface area contributed by atoms with Crippen LogP contribution in [0, 0.1) is 5.92 Å². The maximum atomic E-state index is 12.0. The molecule has 0 spiro atoms. The Morgan fingerprint density at radius 3 is 2.85 bits per heavy atom. The SMILES string of the molecule is O=C(Nc1ccnc(-c2ccccc2)n1)[C@@H]1CCOC1. The highest BCUT2D eigenvalue weighted by molar-refractivity contribution is 5.92. The second kappa shape index (κ2) is 5.79. The predicted molar refractivity (Wildman–Crippen MR) is 75.0 cm³/mol. The van der Waals surface area contributed by atoms with E-state index in [1.54, 1.807) is 12.3 Å². The van der Waals surface area contributed by atoms with E-state index in [1.165, 1.54) is 0 Å². The van der Waals surface area contributed by atoms with E-state index >= 15 is 0 Å². The highest BCUT2D eigenvalue weighted by Gasteiger charge is 2.23. The van der Waals surface area contributed by atoms with Gasteiger partial charge < -0.3 is 10.1 Å². The van der Waals surface area contributed by atoms with Crippen molar-refractivity contribution in [2.24, 2.45) is 5.92 Å². The van der Waals surface area contributed by atoms with Gasteiger partial charge >= 0.3 is 0 Å². The van der Waals surface area contributed by atoms with Gasteiger partial charge in [0.15, 0.2) is 5.82 Å². The molecule has 1 aromatic carbocycles. The molecule has 20 heavy (non-hydrogen) atoms. The van der Waals surface area contributed by atoms with Crippen molar-refractivity contribution in [2.45, 2.75) is 6.42 Å². The van der Waals surface area contributed by atoms with Crippen molar-refractivity contribution in [3.8, 4) is 11.4 Å². The quantitative estimate of drug-likeness (QED) is 0.927. The van der Waals surface area contributed by atoms with Gasteiger partial charge in [0.25, 0.3) is 0 Å². The van der Waals surface area contributed by atoms with Crippen LogP contribution in [0.15, 0.2) is 42.6 Å². The minimum Gasteiger partial charge on any atom is -0.381 e. The molecule has 5 nitrogen and oxygen atoms in total. The zero-order valence-corrected chi connectivity index (χ0v) is 11.0. The summed E-state index contributed by atoms with van der Waals surface area (Å²) >= 11 is 0. The summed E-state index contributed by atoms with van der Waals surface area (Å²) in [4.78, 5) is 20.6. The fraction of sp³-hybridized carbons (Fsp3) is 0.267. The highest BCUT2D eigenvalue weighted by Crippen LogP contribution is 2.17. The van der Waals surface area contributed by atoms with E-state index in [1.807, 2.05) is 30.3 Å². The van der Waals surface area contributed by atoms with Crippen LogP contribution >= 0.6 is 0 Å². The molecule has 1 fully saturated rings. The number of hydrogen-bond donors (Lipinski definition) is 1. The van der Waals surface area contributed by atoms with Crippen molar-refractivity contribution < 1.29 is 9.53 Å². The molecule has 1 N–H and O–H groups in total. The zero-order chi connectivity index (χ0) is 13.8.